The maximum absolute atomic E-state index is 13.5. The summed E-state index contributed by atoms with van der Waals surface area (Å²) in [5, 5.41) is 4.35. The van der Waals surface area contributed by atoms with Gasteiger partial charge in [-0.3, -0.25) is 9.78 Å². The second-order valence-corrected chi connectivity index (χ2v) is 7.21. The number of pyridine rings is 1. The van der Waals surface area contributed by atoms with Crippen LogP contribution in [-0.2, 0) is 0 Å². The van der Waals surface area contributed by atoms with E-state index in [1.54, 1.807) is 18.5 Å². The second-order valence-electron chi connectivity index (χ2n) is 6.80. The van der Waals surface area contributed by atoms with E-state index in [1.165, 1.54) is 6.42 Å². The minimum Gasteiger partial charge on any atom is -0.371 e. The van der Waals surface area contributed by atoms with Crippen LogP contribution in [0.25, 0.3) is 10.8 Å². The molecular weight excluding hydrogens is 384 g/mol. The lowest BCUT2D eigenvalue weighted by molar-refractivity contribution is 0.102. The third-order valence-electron chi connectivity index (χ3n) is 4.99. The molecule has 1 aliphatic heterocycles. The Kier molecular flexibility index (Phi) is 5.13. The first-order valence-corrected chi connectivity index (χ1v) is 9.50. The highest BCUT2D eigenvalue weighted by Gasteiger charge is 2.18. The predicted molar refractivity (Wildman–Crippen MR) is 107 cm³/mol. The van der Waals surface area contributed by atoms with Gasteiger partial charge < -0.3 is 10.2 Å². The Bertz CT molecular complexity index is 1050. The maximum Gasteiger partial charge on any atom is 0.257 e. The Morgan fingerprint density at radius 3 is 2.57 bits per heavy atom. The molecule has 0 spiro atoms. The lowest BCUT2D eigenvalue weighted by Crippen LogP contribution is -2.29. The highest BCUT2D eigenvalue weighted by Crippen LogP contribution is 2.33. The molecule has 0 atom stereocenters. The Hall–Kier alpha value is -2.73. The lowest BCUT2D eigenvalue weighted by atomic mass is 10.0. The van der Waals surface area contributed by atoms with Crippen molar-refractivity contribution in [3.8, 4) is 0 Å². The molecule has 2 aromatic carbocycles. The Morgan fingerprint density at radius 2 is 1.79 bits per heavy atom. The minimum absolute atomic E-state index is 0.127. The predicted octanol–water partition coefficient (Wildman–Crippen LogP) is 5.41. The van der Waals surface area contributed by atoms with Crippen LogP contribution in [0.1, 0.15) is 29.6 Å². The molecule has 3 aromatic rings. The molecule has 0 radical (unpaired) electrons. The number of piperidine rings is 1. The zero-order chi connectivity index (χ0) is 19.7. The molecule has 1 saturated heterocycles. The fraction of sp³-hybridized carbons (Fsp3) is 0.238. The summed E-state index contributed by atoms with van der Waals surface area (Å²) in [4.78, 5) is 19.1. The van der Waals surface area contributed by atoms with Crippen LogP contribution in [0.15, 0.2) is 42.7 Å². The van der Waals surface area contributed by atoms with E-state index in [1.807, 2.05) is 12.1 Å². The summed E-state index contributed by atoms with van der Waals surface area (Å²) in [5.41, 5.74) is 1.51. The largest absolute Gasteiger partial charge is 0.371 e. The van der Waals surface area contributed by atoms with E-state index in [2.05, 4.69) is 15.2 Å². The van der Waals surface area contributed by atoms with E-state index in [4.69, 9.17) is 11.6 Å². The van der Waals surface area contributed by atoms with Gasteiger partial charge in [0.1, 0.15) is 0 Å². The molecule has 1 N–H and O–H groups in total. The van der Waals surface area contributed by atoms with Gasteiger partial charge in [0.25, 0.3) is 5.91 Å². The van der Waals surface area contributed by atoms with Gasteiger partial charge >= 0.3 is 0 Å². The number of amides is 1. The molecule has 1 fully saturated rings. The molecule has 2 heterocycles. The minimum atomic E-state index is -1.12. The summed E-state index contributed by atoms with van der Waals surface area (Å²) in [5.74, 6) is -2.83. The average molecular weight is 402 g/mol. The molecule has 0 aliphatic carbocycles. The summed E-state index contributed by atoms with van der Waals surface area (Å²) in [7, 11) is 0. The third-order valence-corrected chi connectivity index (χ3v) is 5.31. The highest BCUT2D eigenvalue weighted by atomic mass is 35.5. The van der Waals surface area contributed by atoms with E-state index < -0.39 is 17.5 Å². The summed E-state index contributed by atoms with van der Waals surface area (Å²) in [6.45, 7) is 1.99. The average Bonchev–Trinajstić information content (AvgIpc) is 2.71. The number of carbonyl (C=O) groups excluding carboxylic acids is 1. The number of hydrogen-bond donors (Lipinski definition) is 1. The topological polar surface area (TPSA) is 45.2 Å². The van der Waals surface area contributed by atoms with Crippen molar-refractivity contribution in [2.75, 3.05) is 23.3 Å². The Balaban J connectivity index is 1.70. The first-order valence-electron chi connectivity index (χ1n) is 9.12. The van der Waals surface area contributed by atoms with Gasteiger partial charge in [0, 0.05) is 41.9 Å². The monoisotopic (exact) mass is 401 g/mol. The molecular formula is C21H18ClF2N3O. The fourth-order valence-electron chi connectivity index (χ4n) is 3.58. The number of nitrogens with zero attached hydrogens (tertiary/aromatic N) is 2. The van der Waals surface area contributed by atoms with Crippen molar-refractivity contribution in [3.63, 3.8) is 0 Å². The number of hydrogen-bond acceptors (Lipinski definition) is 3. The number of aromatic nitrogens is 1. The smallest absolute Gasteiger partial charge is 0.257 e. The van der Waals surface area contributed by atoms with Crippen molar-refractivity contribution in [2.24, 2.45) is 0 Å². The summed E-state index contributed by atoms with van der Waals surface area (Å²) in [6, 6.07) is 7.29. The van der Waals surface area contributed by atoms with Crippen LogP contribution in [0.4, 0.5) is 20.2 Å². The third kappa shape index (κ3) is 3.52. The first kappa shape index (κ1) is 18.6. The summed E-state index contributed by atoms with van der Waals surface area (Å²) in [6.07, 6.45) is 6.94. The molecule has 1 amide bonds. The van der Waals surface area contributed by atoms with Crippen molar-refractivity contribution in [1.82, 2.24) is 4.98 Å². The number of nitrogens with one attached hydrogen (secondary N) is 1. The quantitative estimate of drug-likeness (QED) is 0.597. The molecule has 0 bridgehead atoms. The van der Waals surface area contributed by atoms with Crippen molar-refractivity contribution in [3.05, 3.63) is 64.9 Å². The van der Waals surface area contributed by atoms with E-state index in [0.717, 1.165) is 54.5 Å². The van der Waals surface area contributed by atoms with Gasteiger partial charge in [0.15, 0.2) is 11.6 Å². The molecule has 4 rings (SSSR count). The number of halogens is 3. The van der Waals surface area contributed by atoms with Crippen LogP contribution in [-0.4, -0.2) is 24.0 Å². The first-order chi connectivity index (χ1) is 13.5. The molecule has 28 heavy (non-hydrogen) atoms. The number of benzene rings is 2. The van der Waals surface area contributed by atoms with Crippen molar-refractivity contribution >= 4 is 39.7 Å². The van der Waals surface area contributed by atoms with Gasteiger partial charge in [0.2, 0.25) is 0 Å². The zero-order valence-electron chi connectivity index (χ0n) is 15.0. The number of anilines is 2. The summed E-state index contributed by atoms with van der Waals surface area (Å²) >= 11 is 5.92. The molecule has 7 heteroatoms. The van der Waals surface area contributed by atoms with Crippen molar-refractivity contribution in [1.29, 1.82) is 0 Å². The molecule has 1 aromatic heterocycles. The van der Waals surface area contributed by atoms with Crippen molar-refractivity contribution < 1.29 is 13.6 Å². The fourth-order valence-corrected chi connectivity index (χ4v) is 3.82. The number of rotatable bonds is 3. The normalized spacial score (nSPS) is 14.3. The van der Waals surface area contributed by atoms with Gasteiger partial charge in [-0.25, -0.2) is 8.78 Å². The van der Waals surface area contributed by atoms with Gasteiger partial charge in [-0.05, 0) is 49.6 Å². The van der Waals surface area contributed by atoms with E-state index in [9.17, 15) is 13.6 Å². The highest BCUT2D eigenvalue weighted by molar-refractivity contribution is 6.34. The molecule has 144 valence electrons. The molecule has 4 nitrogen and oxygen atoms in total. The molecule has 0 unspecified atom stereocenters. The SMILES string of the molecule is O=C(Nc1ccc(N2CCCCC2)c2ccncc12)c1cc(F)c(F)cc1Cl. The zero-order valence-corrected chi connectivity index (χ0v) is 15.8. The van der Waals surface area contributed by atoms with E-state index >= 15 is 0 Å². The molecule has 1 aliphatic rings. The summed E-state index contributed by atoms with van der Waals surface area (Å²) < 4.78 is 26.8. The standard InChI is InChI=1S/C21H18ClF2N3O/c22-16-11-18(24)17(23)10-14(16)21(28)26-19-4-5-20(27-8-2-1-3-9-27)13-6-7-25-12-15(13)19/h4-7,10-12H,1-3,8-9H2,(H,26,28). The number of carbonyl (C=O) groups is 1. The van der Waals surface area contributed by atoms with Crippen LogP contribution in [0.3, 0.4) is 0 Å². The molecule has 0 saturated carbocycles. The number of fused-ring (bicyclic) bond motifs is 1. The van der Waals surface area contributed by atoms with Crippen LogP contribution >= 0.6 is 11.6 Å². The second kappa shape index (κ2) is 7.72. The Morgan fingerprint density at radius 1 is 1.04 bits per heavy atom. The van der Waals surface area contributed by atoms with Gasteiger partial charge in [0.05, 0.1) is 16.3 Å². The van der Waals surface area contributed by atoms with Crippen LogP contribution in [0, 0.1) is 11.6 Å². The maximum atomic E-state index is 13.5. The van der Waals surface area contributed by atoms with Crippen molar-refractivity contribution in [2.45, 2.75) is 19.3 Å². The Labute approximate surface area is 166 Å². The van der Waals surface area contributed by atoms with Crippen LogP contribution < -0.4 is 10.2 Å². The van der Waals surface area contributed by atoms with Gasteiger partial charge in [-0.2, -0.15) is 0 Å². The van der Waals surface area contributed by atoms with Gasteiger partial charge in [-0.15, -0.1) is 0 Å². The van der Waals surface area contributed by atoms with E-state index in [-0.39, 0.29) is 10.6 Å². The van der Waals surface area contributed by atoms with Crippen LogP contribution in [0.5, 0.6) is 0 Å². The van der Waals surface area contributed by atoms with Gasteiger partial charge in [-0.1, -0.05) is 11.6 Å². The van der Waals surface area contributed by atoms with Crippen LogP contribution in [0.2, 0.25) is 5.02 Å². The van der Waals surface area contributed by atoms with E-state index in [0.29, 0.717) is 5.69 Å². The lowest BCUT2D eigenvalue weighted by Gasteiger charge is -2.30.